The van der Waals surface area contributed by atoms with Gasteiger partial charge in [0.25, 0.3) is 0 Å². The molecule has 2 atom stereocenters. The maximum Gasteiger partial charge on any atom is 0.131 e. The zero-order valence-electron chi connectivity index (χ0n) is 13.1. The Morgan fingerprint density at radius 3 is 1.52 bits per heavy atom. The first-order valence-electron chi connectivity index (χ1n) is 7.14. The van der Waals surface area contributed by atoms with Gasteiger partial charge in [0.15, 0.2) is 0 Å². The Morgan fingerprint density at radius 1 is 0.826 bits per heavy atom. The molecule has 2 unspecified atom stereocenters. The van der Waals surface area contributed by atoms with Crippen LogP contribution in [0, 0.1) is 11.6 Å². The van der Waals surface area contributed by atoms with Crippen molar-refractivity contribution in [3.05, 3.63) is 59.2 Å². The third-order valence-electron chi connectivity index (χ3n) is 3.72. The summed E-state index contributed by atoms with van der Waals surface area (Å²) in [6.45, 7) is 0. The lowest BCUT2D eigenvalue weighted by Crippen LogP contribution is -2.21. The Bertz CT molecular complexity index is 622. The minimum atomic E-state index is -0.655. The average Bonchev–Trinajstić information content (AvgIpc) is 2.54. The molecule has 0 amide bonds. The summed E-state index contributed by atoms with van der Waals surface area (Å²) in [5, 5.41) is 0. The second-order valence-electron chi connectivity index (χ2n) is 5.22. The summed E-state index contributed by atoms with van der Waals surface area (Å²) in [4.78, 5) is 0. The quantitative estimate of drug-likeness (QED) is 0.857. The van der Waals surface area contributed by atoms with Gasteiger partial charge in [-0.15, -0.1) is 0 Å². The molecule has 124 valence electrons. The van der Waals surface area contributed by atoms with E-state index in [1.54, 1.807) is 24.3 Å². The summed E-state index contributed by atoms with van der Waals surface area (Å²) >= 11 is 0. The predicted octanol–water partition coefficient (Wildman–Crippen LogP) is 3.07. The Hall–Kier alpha value is -2.18. The molecule has 0 bridgehead atoms. The molecule has 0 aliphatic heterocycles. The Morgan fingerprint density at radius 2 is 1.22 bits per heavy atom. The van der Waals surface area contributed by atoms with E-state index in [4.69, 9.17) is 20.9 Å². The summed E-state index contributed by atoms with van der Waals surface area (Å²) < 4.78 is 38.0. The minimum absolute atomic E-state index is 0.201. The molecule has 2 rings (SSSR count). The number of hydrogen-bond donors (Lipinski definition) is 2. The van der Waals surface area contributed by atoms with Crippen LogP contribution < -0.4 is 20.9 Å². The molecular weight excluding hydrogens is 302 g/mol. The van der Waals surface area contributed by atoms with E-state index in [-0.39, 0.29) is 6.42 Å². The molecule has 0 fully saturated rings. The van der Waals surface area contributed by atoms with Gasteiger partial charge in [0.2, 0.25) is 0 Å². The van der Waals surface area contributed by atoms with E-state index in [0.717, 1.165) is 0 Å². The number of hydrogen-bond acceptors (Lipinski definition) is 4. The first-order valence-corrected chi connectivity index (χ1v) is 7.14. The van der Waals surface area contributed by atoms with Crippen LogP contribution in [0.5, 0.6) is 11.5 Å². The van der Waals surface area contributed by atoms with E-state index in [1.807, 2.05) is 0 Å². The number of nitrogens with two attached hydrogens (primary N) is 2. The van der Waals surface area contributed by atoms with Crippen LogP contribution in [0.15, 0.2) is 36.4 Å². The van der Waals surface area contributed by atoms with Crippen LogP contribution in [0.4, 0.5) is 8.78 Å². The van der Waals surface area contributed by atoms with Gasteiger partial charge in [0.1, 0.15) is 23.1 Å². The van der Waals surface area contributed by atoms with Gasteiger partial charge in [-0.05, 0) is 18.6 Å². The van der Waals surface area contributed by atoms with Crippen molar-refractivity contribution in [3.63, 3.8) is 0 Å². The Balaban J connectivity index is 2.14. The van der Waals surface area contributed by atoms with Gasteiger partial charge < -0.3 is 20.9 Å². The fraction of sp³-hybridized carbons (Fsp3) is 0.294. The number of rotatable bonds is 6. The van der Waals surface area contributed by atoms with E-state index < -0.39 is 23.7 Å². The van der Waals surface area contributed by atoms with Crippen LogP contribution in [0.1, 0.15) is 29.6 Å². The lowest BCUT2D eigenvalue weighted by molar-refractivity contribution is 0.408. The summed E-state index contributed by atoms with van der Waals surface area (Å²) in [7, 11) is 2.91. The molecule has 0 saturated carbocycles. The second-order valence-corrected chi connectivity index (χ2v) is 5.22. The Labute approximate surface area is 134 Å². The number of ether oxygens (including phenoxy) is 2. The lowest BCUT2D eigenvalue weighted by atomic mass is 9.95. The van der Waals surface area contributed by atoms with Gasteiger partial charge in [0, 0.05) is 35.3 Å². The summed E-state index contributed by atoms with van der Waals surface area (Å²) in [6, 6.07) is 7.56. The van der Waals surface area contributed by atoms with Crippen LogP contribution >= 0.6 is 0 Å². The molecule has 4 nitrogen and oxygen atoms in total. The first kappa shape index (κ1) is 17.2. The largest absolute Gasteiger partial charge is 0.497 e. The molecule has 0 aliphatic carbocycles. The van der Waals surface area contributed by atoms with Gasteiger partial charge in [-0.25, -0.2) is 8.78 Å². The molecule has 0 heterocycles. The summed E-state index contributed by atoms with van der Waals surface area (Å²) in [6.07, 6.45) is 0.201. The fourth-order valence-electron chi connectivity index (χ4n) is 2.40. The van der Waals surface area contributed by atoms with Gasteiger partial charge in [-0.2, -0.15) is 0 Å². The van der Waals surface area contributed by atoms with Crippen molar-refractivity contribution in [3.8, 4) is 11.5 Å². The third-order valence-corrected chi connectivity index (χ3v) is 3.72. The first-order chi connectivity index (χ1) is 11.0. The summed E-state index contributed by atoms with van der Waals surface area (Å²) in [5.41, 5.74) is 12.7. The van der Waals surface area contributed by atoms with E-state index >= 15 is 0 Å². The fourth-order valence-corrected chi connectivity index (χ4v) is 2.40. The number of halogens is 2. The van der Waals surface area contributed by atoms with Crippen molar-refractivity contribution < 1.29 is 18.3 Å². The Kier molecular flexibility index (Phi) is 5.52. The molecular formula is C17H20F2N2O2. The van der Waals surface area contributed by atoms with Crippen molar-refractivity contribution in [1.82, 2.24) is 0 Å². The highest BCUT2D eigenvalue weighted by Crippen LogP contribution is 2.29. The van der Waals surface area contributed by atoms with Crippen LogP contribution in [0.25, 0.3) is 0 Å². The average molecular weight is 322 g/mol. The van der Waals surface area contributed by atoms with E-state index in [9.17, 15) is 8.78 Å². The van der Waals surface area contributed by atoms with Crippen molar-refractivity contribution in [2.75, 3.05) is 14.2 Å². The van der Waals surface area contributed by atoms with Crippen molar-refractivity contribution >= 4 is 0 Å². The molecule has 4 N–H and O–H groups in total. The van der Waals surface area contributed by atoms with Gasteiger partial charge >= 0.3 is 0 Å². The monoisotopic (exact) mass is 322 g/mol. The molecule has 0 aromatic heterocycles. The van der Waals surface area contributed by atoms with Crippen LogP contribution in [0.2, 0.25) is 0 Å². The smallest absolute Gasteiger partial charge is 0.131 e. The molecule has 0 spiro atoms. The zero-order valence-corrected chi connectivity index (χ0v) is 13.1. The number of methoxy groups -OCH3 is 2. The van der Waals surface area contributed by atoms with Crippen molar-refractivity contribution in [1.29, 1.82) is 0 Å². The van der Waals surface area contributed by atoms with Gasteiger partial charge in [-0.1, -0.05) is 12.1 Å². The minimum Gasteiger partial charge on any atom is -0.497 e. The topological polar surface area (TPSA) is 70.5 Å². The molecule has 23 heavy (non-hydrogen) atoms. The molecule has 6 heteroatoms. The number of benzene rings is 2. The van der Waals surface area contributed by atoms with E-state index in [0.29, 0.717) is 22.6 Å². The molecule has 2 aromatic rings. The van der Waals surface area contributed by atoms with Gasteiger partial charge in [-0.3, -0.25) is 0 Å². The summed E-state index contributed by atoms with van der Waals surface area (Å²) in [5.74, 6) is -0.133. The molecule has 0 radical (unpaired) electrons. The van der Waals surface area contributed by atoms with Crippen LogP contribution in [-0.4, -0.2) is 14.2 Å². The standard InChI is InChI=1S/C17H20F2N2O2/c1-22-10-3-5-12(14(18)7-10)16(20)9-17(21)13-6-4-11(23-2)8-15(13)19/h3-8,16-17H,9,20-21H2,1-2H3. The molecule has 0 saturated heterocycles. The predicted molar refractivity (Wildman–Crippen MR) is 84.4 cm³/mol. The van der Waals surface area contributed by atoms with Crippen LogP contribution in [-0.2, 0) is 0 Å². The third kappa shape index (κ3) is 3.97. The van der Waals surface area contributed by atoms with Crippen LogP contribution in [0.3, 0.4) is 0 Å². The SMILES string of the molecule is COc1ccc(C(N)CC(N)c2ccc(OC)cc2F)c(F)c1. The highest BCUT2D eigenvalue weighted by atomic mass is 19.1. The highest BCUT2D eigenvalue weighted by molar-refractivity contribution is 5.33. The zero-order chi connectivity index (χ0) is 17.0. The molecule has 2 aromatic carbocycles. The van der Waals surface area contributed by atoms with E-state index in [1.165, 1.54) is 26.4 Å². The highest BCUT2D eigenvalue weighted by Gasteiger charge is 2.19. The van der Waals surface area contributed by atoms with E-state index in [2.05, 4.69) is 0 Å². The molecule has 0 aliphatic rings. The van der Waals surface area contributed by atoms with Gasteiger partial charge in [0.05, 0.1) is 14.2 Å². The maximum absolute atomic E-state index is 14.0. The van der Waals surface area contributed by atoms with Crippen molar-refractivity contribution in [2.24, 2.45) is 11.5 Å². The normalized spacial score (nSPS) is 13.5. The van der Waals surface area contributed by atoms with Crippen molar-refractivity contribution in [2.45, 2.75) is 18.5 Å². The lowest BCUT2D eigenvalue weighted by Gasteiger charge is -2.19. The maximum atomic E-state index is 14.0. The second kappa shape index (κ2) is 7.39.